The molecule has 2 heterocycles. The van der Waals surface area contributed by atoms with E-state index in [1.165, 1.54) is 6.20 Å². The van der Waals surface area contributed by atoms with E-state index in [4.69, 9.17) is 5.21 Å². The second-order valence-corrected chi connectivity index (χ2v) is 9.69. The quantitative estimate of drug-likeness (QED) is 0.627. The molecule has 148 valence electrons. The number of amides is 1. The van der Waals surface area contributed by atoms with Crippen LogP contribution in [0.5, 0.6) is 0 Å². The molecule has 0 spiro atoms. The Morgan fingerprint density at radius 3 is 3.00 bits per heavy atom. The summed E-state index contributed by atoms with van der Waals surface area (Å²) < 4.78 is 15.4. The maximum absolute atomic E-state index is 15.4. The van der Waals surface area contributed by atoms with Crippen molar-refractivity contribution in [2.75, 3.05) is 13.1 Å². The third kappa shape index (κ3) is 3.87. The number of alkyl halides is 1. The summed E-state index contributed by atoms with van der Waals surface area (Å²) in [4.78, 5) is 18.4. The van der Waals surface area contributed by atoms with Gasteiger partial charge in [-0.15, -0.1) is 0 Å². The van der Waals surface area contributed by atoms with Gasteiger partial charge >= 0.3 is 0 Å². The Labute approximate surface area is 160 Å². The number of hydrogen-bond donors (Lipinski definition) is 2. The summed E-state index contributed by atoms with van der Waals surface area (Å²) in [5.74, 6) is 0.474. The topological polar surface area (TPSA) is 65.5 Å². The number of pyridine rings is 1. The number of nitrogens with zero attached hydrogens (tertiary/aromatic N) is 2. The molecule has 1 aromatic heterocycles. The van der Waals surface area contributed by atoms with E-state index in [1.54, 1.807) is 5.48 Å². The molecule has 0 radical (unpaired) electrons. The number of hydroxylamine groups is 1. The monoisotopic (exact) mass is 375 g/mol. The highest BCUT2D eigenvalue weighted by Gasteiger charge is 2.50. The van der Waals surface area contributed by atoms with Crippen molar-refractivity contribution < 1.29 is 14.4 Å². The van der Waals surface area contributed by atoms with Gasteiger partial charge in [0.25, 0.3) is 5.91 Å². The molecule has 0 aromatic carbocycles. The van der Waals surface area contributed by atoms with Gasteiger partial charge in [0.05, 0.1) is 5.56 Å². The van der Waals surface area contributed by atoms with Gasteiger partial charge in [0.2, 0.25) is 0 Å². The molecular weight excluding hydrogens is 345 g/mol. The first-order valence-corrected chi connectivity index (χ1v) is 10.1. The molecule has 2 aliphatic carbocycles. The number of aromatic nitrogens is 1. The molecule has 1 amide bonds. The zero-order valence-electron chi connectivity index (χ0n) is 16.3. The smallest absolute Gasteiger partial charge is 0.276 e. The molecule has 5 nitrogen and oxygen atoms in total. The maximum Gasteiger partial charge on any atom is 0.276 e. The van der Waals surface area contributed by atoms with E-state index in [2.05, 4.69) is 23.7 Å². The lowest BCUT2D eigenvalue weighted by molar-refractivity contribution is -0.0642. The average Bonchev–Trinajstić information content (AvgIpc) is 2.57. The molecule has 2 bridgehead atoms. The van der Waals surface area contributed by atoms with E-state index in [0.29, 0.717) is 30.2 Å². The van der Waals surface area contributed by atoms with Crippen LogP contribution in [0.2, 0.25) is 0 Å². The van der Waals surface area contributed by atoms with Crippen LogP contribution < -0.4 is 5.48 Å². The molecule has 0 saturated heterocycles. The van der Waals surface area contributed by atoms with Crippen LogP contribution in [-0.2, 0) is 13.0 Å². The van der Waals surface area contributed by atoms with Crippen LogP contribution in [0.1, 0.15) is 67.6 Å². The van der Waals surface area contributed by atoms with Crippen LogP contribution in [0.15, 0.2) is 12.3 Å². The van der Waals surface area contributed by atoms with Gasteiger partial charge in [-0.05, 0) is 61.0 Å². The van der Waals surface area contributed by atoms with Crippen LogP contribution in [0.25, 0.3) is 0 Å². The molecule has 6 heteroatoms. The van der Waals surface area contributed by atoms with Crippen LogP contribution >= 0.6 is 0 Å². The number of nitrogens with one attached hydrogen (secondary N) is 1. The molecule has 3 aliphatic rings. The minimum absolute atomic E-state index is 0.00280. The van der Waals surface area contributed by atoms with Gasteiger partial charge in [-0.3, -0.25) is 19.9 Å². The minimum atomic E-state index is -0.989. The largest absolute Gasteiger partial charge is 0.298 e. The summed E-state index contributed by atoms with van der Waals surface area (Å²) in [5, 5.41) is 8.84. The zero-order chi connectivity index (χ0) is 19.2. The summed E-state index contributed by atoms with van der Waals surface area (Å²) in [6.07, 6.45) is 6.75. The van der Waals surface area contributed by atoms with E-state index in [0.717, 1.165) is 56.6 Å². The maximum atomic E-state index is 15.4. The fraction of sp³-hybridized carbons (Fsp3) is 0.714. The lowest BCUT2D eigenvalue weighted by Gasteiger charge is -2.52. The Kier molecular flexibility index (Phi) is 4.75. The lowest BCUT2D eigenvalue weighted by atomic mass is 9.58. The molecule has 2 saturated carbocycles. The Morgan fingerprint density at radius 2 is 2.26 bits per heavy atom. The second-order valence-electron chi connectivity index (χ2n) is 9.69. The van der Waals surface area contributed by atoms with Gasteiger partial charge in [0, 0.05) is 37.9 Å². The summed E-state index contributed by atoms with van der Waals surface area (Å²) in [5.41, 5.74) is 3.10. The molecule has 1 aliphatic heterocycles. The number of carbonyl (C=O) groups is 1. The average molecular weight is 375 g/mol. The van der Waals surface area contributed by atoms with Gasteiger partial charge in [-0.25, -0.2) is 9.87 Å². The fourth-order valence-corrected chi connectivity index (χ4v) is 6.26. The molecule has 2 N–H and O–H groups in total. The predicted octanol–water partition coefficient (Wildman–Crippen LogP) is 3.50. The summed E-state index contributed by atoms with van der Waals surface area (Å²) in [6.45, 7) is 6.98. The Morgan fingerprint density at radius 1 is 1.44 bits per heavy atom. The number of fused-ring (bicyclic) bond motifs is 3. The predicted molar refractivity (Wildman–Crippen MR) is 100 cm³/mol. The van der Waals surface area contributed by atoms with E-state index >= 15 is 4.39 Å². The summed E-state index contributed by atoms with van der Waals surface area (Å²) in [6, 6.07) is 1.82. The molecule has 4 unspecified atom stereocenters. The molecule has 27 heavy (non-hydrogen) atoms. The number of hydrogen-bond acceptors (Lipinski definition) is 4. The Bertz CT molecular complexity index is 738. The SMILES string of the molecule is CC1CC2CC(C)(CN3CCc4ncc(C(=O)NO)cc4C3)CC(F)(C1)C2. The van der Waals surface area contributed by atoms with Gasteiger partial charge in [0.15, 0.2) is 0 Å². The van der Waals surface area contributed by atoms with Crippen molar-refractivity contribution in [1.29, 1.82) is 0 Å². The van der Waals surface area contributed by atoms with Crippen molar-refractivity contribution in [2.24, 2.45) is 17.3 Å². The number of rotatable bonds is 3. The lowest BCUT2D eigenvalue weighted by Crippen LogP contribution is -2.50. The minimum Gasteiger partial charge on any atom is -0.298 e. The third-order valence-electron chi connectivity index (χ3n) is 6.72. The van der Waals surface area contributed by atoms with Crippen LogP contribution in [0.4, 0.5) is 4.39 Å². The number of carbonyl (C=O) groups excluding carboxylic acids is 1. The van der Waals surface area contributed by atoms with E-state index < -0.39 is 11.6 Å². The molecule has 4 rings (SSSR count). The number of halogens is 1. The van der Waals surface area contributed by atoms with Crippen molar-refractivity contribution >= 4 is 5.91 Å². The van der Waals surface area contributed by atoms with Crippen LogP contribution in [-0.4, -0.2) is 39.8 Å². The second kappa shape index (κ2) is 6.82. The zero-order valence-corrected chi connectivity index (χ0v) is 16.3. The van der Waals surface area contributed by atoms with Gasteiger partial charge < -0.3 is 0 Å². The first-order chi connectivity index (χ1) is 12.8. The Balaban J connectivity index is 1.47. The van der Waals surface area contributed by atoms with Crippen molar-refractivity contribution in [3.05, 3.63) is 29.1 Å². The van der Waals surface area contributed by atoms with Gasteiger partial charge in [-0.2, -0.15) is 0 Å². The van der Waals surface area contributed by atoms with Crippen LogP contribution in [0, 0.1) is 17.3 Å². The first-order valence-electron chi connectivity index (χ1n) is 10.1. The molecular formula is C21H30FN3O2. The molecule has 1 aromatic rings. The highest BCUT2D eigenvalue weighted by Crippen LogP contribution is 2.54. The van der Waals surface area contributed by atoms with E-state index in [9.17, 15) is 4.79 Å². The van der Waals surface area contributed by atoms with Crippen molar-refractivity contribution in [2.45, 2.75) is 64.6 Å². The standard InChI is InChI=1S/C21H30FN3O2/c1-14-5-15-8-20(2,12-21(22,7-14)9-15)13-25-4-3-18-17(11-25)6-16(10-23-18)19(26)24-27/h6,10,14-15,27H,3-5,7-9,11-13H2,1-2H3,(H,24,26). The van der Waals surface area contributed by atoms with Gasteiger partial charge in [-0.1, -0.05) is 13.8 Å². The van der Waals surface area contributed by atoms with E-state index in [-0.39, 0.29) is 5.41 Å². The fourth-order valence-electron chi connectivity index (χ4n) is 6.26. The Hall–Kier alpha value is -1.53. The van der Waals surface area contributed by atoms with Crippen LogP contribution in [0.3, 0.4) is 0 Å². The van der Waals surface area contributed by atoms with E-state index in [1.807, 2.05) is 6.07 Å². The third-order valence-corrected chi connectivity index (χ3v) is 6.72. The highest BCUT2D eigenvalue weighted by atomic mass is 19.1. The molecule has 2 fully saturated rings. The summed E-state index contributed by atoms with van der Waals surface area (Å²) in [7, 11) is 0. The summed E-state index contributed by atoms with van der Waals surface area (Å²) >= 11 is 0. The van der Waals surface area contributed by atoms with Crippen molar-refractivity contribution in [3.8, 4) is 0 Å². The van der Waals surface area contributed by atoms with Crippen molar-refractivity contribution in [3.63, 3.8) is 0 Å². The highest BCUT2D eigenvalue weighted by molar-refractivity contribution is 5.93. The van der Waals surface area contributed by atoms with Gasteiger partial charge in [0.1, 0.15) is 5.67 Å². The first kappa shape index (κ1) is 18.8. The normalized spacial score (nSPS) is 36.1. The van der Waals surface area contributed by atoms with Crippen molar-refractivity contribution in [1.82, 2.24) is 15.4 Å². The molecule has 4 atom stereocenters.